The number of carbonyl (C=O) groups excluding carboxylic acids is 1. The topological polar surface area (TPSA) is 41.1 Å². The van der Waals surface area contributed by atoms with Gasteiger partial charge in [-0.3, -0.25) is 4.79 Å². The molecule has 2 rings (SSSR count). The van der Waals surface area contributed by atoms with E-state index < -0.39 is 23.2 Å². The molecule has 0 aliphatic heterocycles. The molecule has 0 bridgehead atoms. The summed E-state index contributed by atoms with van der Waals surface area (Å²) < 4.78 is 26.8. The smallest absolute Gasteiger partial charge is 0.225 e. The van der Waals surface area contributed by atoms with Gasteiger partial charge >= 0.3 is 0 Å². The number of halogens is 2. The molecule has 1 amide bonds. The molecule has 5 heteroatoms. The van der Waals surface area contributed by atoms with Crippen LogP contribution >= 0.6 is 0 Å². The number of aryl methyl sites for hydroxylation is 1. The molecular formula is C17H18F2N2O. The molecule has 0 saturated carbocycles. The summed E-state index contributed by atoms with van der Waals surface area (Å²) in [6, 6.07) is 11.5. The fourth-order valence-electron chi connectivity index (χ4n) is 2.08. The molecule has 0 aliphatic carbocycles. The highest BCUT2D eigenvalue weighted by molar-refractivity contribution is 5.91. The van der Waals surface area contributed by atoms with Crippen LogP contribution in [-0.2, 0) is 11.3 Å². The Hall–Kier alpha value is -2.27. The Morgan fingerprint density at radius 3 is 2.45 bits per heavy atom. The summed E-state index contributed by atoms with van der Waals surface area (Å²) in [5, 5.41) is 5.38. The molecule has 22 heavy (non-hydrogen) atoms. The summed E-state index contributed by atoms with van der Waals surface area (Å²) in [7, 11) is 0. The van der Waals surface area contributed by atoms with E-state index in [4.69, 9.17) is 0 Å². The number of hydrogen-bond acceptors (Lipinski definition) is 2. The van der Waals surface area contributed by atoms with Crippen molar-refractivity contribution in [2.24, 2.45) is 0 Å². The van der Waals surface area contributed by atoms with Crippen LogP contribution in [0, 0.1) is 18.6 Å². The zero-order chi connectivity index (χ0) is 15.9. The third-order valence-corrected chi connectivity index (χ3v) is 3.17. The number of amides is 1. The van der Waals surface area contributed by atoms with Gasteiger partial charge in [0.15, 0.2) is 0 Å². The first kappa shape index (κ1) is 16.1. The molecule has 2 N–H and O–H groups in total. The number of benzene rings is 2. The van der Waals surface area contributed by atoms with E-state index in [0.29, 0.717) is 13.1 Å². The van der Waals surface area contributed by atoms with Crippen LogP contribution in [0.15, 0.2) is 42.5 Å². The van der Waals surface area contributed by atoms with Gasteiger partial charge in [-0.2, -0.15) is 0 Å². The van der Waals surface area contributed by atoms with Crippen molar-refractivity contribution < 1.29 is 13.6 Å². The first-order valence-electron chi connectivity index (χ1n) is 7.06. The van der Waals surface area contributed by atoms with E-state index in [2.05, 4.69) is 16.7 Å². The van der Waals surface area contributed by atoms with Gasteiger partial charge in [0, 0.05) is 19.5 Å². The molecule has 0 fully saturated rings. The molecule has 116 valence electrons. The first-order chi connectivity index (χ1) is 10.6. The van der Waals surface area contributed by atoms with Gasteiger partial charge in [-0.05, 0) is 24.6 Å². The quantitative estimate of drug-likeness (QED) is 0.803. The van der Waals surface area contributed by atoms with E-state index >= 15 is 0 Å². The maximum absolute atomic E-state index is 13.4. The average Bonchev–Trinajstić information content (AvgIpc) is 2.48. The van der Waals surface area contributed by atoms with E-state index in [0.717, 1.165) is 17.7 Å². The normalized spacial score (nSPS) is 10.5. The van der Waals surface area contributed by atoms with E-state index in [-0.39, 0.29) is 6.42 Å². The highest BCUT2D eigenvalue weighted by Crippen LogP contribution is 2.17. The van der Waals surface area contributed by atoms with Crippen LogP contribution in [0.3, 0.4) is 0 Å². The second kappa shape index (κ2) is 7.66. The lowest BCUT2D eigenvalue weighted by Crippen LogP contribution is -2.22. The number of para-hydroxylation sites is 1. The van der Waals surface area contributed by atoms with E-state index in [9.17, 15) is 13.6 Å². The molecule has 3 nitrogen and oxygen atoms in total. The van der Waals surface area contributed by atoms with Gasteiger partial charge in [-0.25, -0.2) is 8.78 Å². The minimum Gasteiger partial charge on any atom is -0.321 e. The van der Waals surface area contributed by atoms with Gasteiger partial charge in [-0.15, -0.1) is 0 Å². The fourth-order valence-corrected chi connectivity index (χ4v) is 2.08. The molecule has 0 aliphatic rings. The Morgan fingerprint density at radius 1 is 1.09 bits per heavy atom. The van der Waals surface area contributed by atoms with Crippen molar-refractivity contribution >= 4 is 11.6 Å². The predicted molar refractivity (Wildman–Crippen MR) is 82.5 cm³/mol. The molecule has 2 aromatic carbocycles. The van der Waals surface area contributed by atoms with Gasteiger partial charge in [0.2, 0.25) is 5.91 Å². The van der Waals surface area contributed by atoms with E-state index in [1.54, 1.807) is 0 Å². The zero-order valence-corrected chi connectivity index (χ0v) is 12.3. The zero-order valence-electron chi connectivity index (χ0n) is 12.3. The summed E-state index contributed by atoms with van der Waals surface area (Å²) in [5.41, 5.74) is 1.90. The standard InChI is InChI=1S/C17H18F2N2O/c1-12-4-2-5-13(10-12)11-20-9-8-16(22)21-17-14(18)6-3-7-15(17)19/h2-7,10,20H,8-9,11H2,1H3,(H,21,22). The second-order valence-electron chi connectivity index (χ2n) is 5.06. The van der Waals surface area contributed by atoms with E-state index in [1.807, 2.05) is 25.1 Å². The van der Waals surface area contributed by atoms with Crippen LogP contribution in [-0.4, -0.2) is 12.5 Å². The van der Waals surface area contributed by atoms with Crippen molar-refractivity contribution in [3.8, 4) is 0 Å². The number of hydrogen-bond donors (Lipinski definition) is 2. The highest BCUT2D eigenvalue weighted by Gasteiger charge is 2.11. The van der Waals surface area contributed by atoms with Gasteiger partial charge in [-0.1, -0.05) is 35.9 Å². The Bertz CT molecular complexity index is 639. The fraction of sp³-hybridized carbons (Fsp3) is 0.235. The molecule has 0 unspecified atom stereocenters. The lowest BCUT2D eigenvalue weighted by Gasteiger charge is -2.08. The predicted octanol–water partition coefficient (Wildman–Crippen LogP) is 3.39. The summed E-state index contributed by atoms with van der Waals surface area (Å²) in [6.07, 6.45) is 0.138. The minimum atomic E-state index is -0.777. The molecule has 2 aromatic rings. The van der Waals surface area contributed by atoms with Crippen LogP contribution in [0.2, 0.25) is 0 Å². The maximum atomic E-state index is 13.4. The van der Waals surface area contributed by atoms with Crippen LogP contribution in [0.5, 0.6) is 0 Å². The van der Waals surface area contributed by atoms with Gasteiger partial charge in [0.05, 0.1) is 0 Å². The third-order valence-electron chi connectivity index (χ3n) is 3.17. The largest absolute Gasteiger partial charge is 0.321 e. The molecule has 0 heterocycles. The number of nitrogens with one attached hydrogen (secondary N) is 2. The summed E-state index contributed by atoms with van der Waals surface area (Å²) in [6.45, 7) is 3.08. The number of rotatable bonds is 6. The Balaban J connectivity index is 1.76. The Morgan fingerprint density at radius 2 is 1.77 bits per heavy atom. The average molecular weight is 304 g/mol. The van der Waals surface area contributed by atoms with Crippen molar-refractivity contribution in [3.63, 3.8) is 0 Å². The van der Waals surface area contributed by atoms with Crippen LogP contribution in [0.4, 0.5) is 14.5 Å². The summed E-state index contributed by atoms with van der Waals surface area (Å²) in [4.78, 5) is 11.7. The Kier molecular flexibility index (Phi) is 5.61. The monoisotopic (exact) mass is 304 g/mol. The maximum Gasteiger partial charge on any atom is 0.225 e. The van der Waals surface area contributed by atoms with Crippen LogP contribution < -0.4 is 10.6 Å². The lowest BCUT2D eigenvalue weighted by molar-refractivity contribution is -0.116. The molecule has 0 radical (unpaired) electrons. The highest BCUT2D eigenvalue weighted by atomic mass is 19.1. The lowest BCUT2D eigenvalue weighted by atomic mass is 10.1. The first-order valence-corrected chi connectivity index (χ1v) is 7.06. The van der Waals surface area contributed by atoms with Crippen LogP contribution in [0.1, 0.15) is 17.5 Å². The SMILES string of the molecule is Cc1cccc(CNCCC(=O)Nc2c(F)cccc2F)c1. The van der Waals surface area contributed by atoms with Crippen LogP contribution in [0.25, 0.3) is 0 Å². The molecular weight excluding hydrogens is 286 g/mol. The van der Waals surface area contributed by atoms with Crippen molar-refractivity contribution in [2.75, 3.05) is 11.9 Å². The van der Waals surface area contributed by atoms with Gasteiger partial charge < -0.3 is 10.6 Å². The molecule has 0 saturated heterocycles. The molecule has 0 atom stereocenters. The number of anilines is 1. The molecule has 0 aromatic heterocycles. The van der Waals surface area contributed by atoms with Crippen molar-refractivity contribution in [1.29, 1.82) is 0 Å². The van der Waals surface area contributed by atoms with Crippen molar-refractivity contribution in [3.05, 3.63) is 65.2 Å². The van der Waals surface area contributed by atoms with Crippen molar-refractivity contribution in [1.82, 2.24) is 5.32 Å². The molecule has 0 spiro atoms. The third kappa shape index (κ3) is 4.63. The second-order valence-corrected chi connectivity index (χ2v) is 5.06. The minimum absolute atomic E-state index is 0.138. The van der Waals surface area contributed by atoms with Crippen molar-refractivity contribution in [2.45, 2.75) is 19.9 Å². The number of carbonyl (C=O) groups is 1. The summed E-state index contributed by atoms with van der Waals surface area (Å²) >= 11 is 0. The Labute approximate surface area is 128 Å². The van der Waals surface area contributed by atoms with Gasteiger partial charge in [0.25, 0.3) is 0 Å². The van der Waals surface area contributed by atoms with Gasteiger partial charge in [0.1, 0.15) is 17.3 Å². The van der Waals surface area contributed by atoms with E-state index in [1.165, 1.54) is 11.6 Å². The summed E-state index contributed by atoms with van der Waals surface area (Å²) in [5.74, 6) is -1.98.